The summed E-state index contributed by atoms with van der Waals surface area (Å²) in [6, 6.07) is 12.5. The number of nitrogens with zero attached hydrogens (tertiary/aromatic N) is 3. The summed E-state index contributed by atoms with van der Waals surface area (Å²) in [4.78, 5) is 15.8. The predicted molar refractivity (Wildman–Crippen MR) is 109 cm³/mol. The van der Waals surface area contributed by atoms with Crippen LogP contribution < -0.4 is 5.32 Å². The molecule has 0 bridgehead atoms. The van der Waals surface area contributed by atoms with Crippen LogP contribution in [0, 0.1) is 15.3 Å². The summed E-state index contributed by atoms with van der Waals surface area (Å²) in [7, 11) is 3.25. The van der Waals surface area contributed by atoms with Crippen molar-refractivity contribution in [1.82, 2.24) is 4.98 Å². The minimum Gasteiger partial charge on any atom is -0.633 e. The minimum atomic E-state index is -0.489. The van der Waals surface area contributed by atoms with Crippen LogP contribution in [0.15, 0.2) is 42.5 Å². The van der Waals surface area contributed by atoms with E-state index in [4.69, 9.17) is 0 Å². The first kappa shape index (κ1) is 19.0. The van der Waals surface area contributed by atoms with Crippen molar-refractivity contribution in [2.24, 2.45) is 0 Å². The van der Waals surface area contributed by atoms with Gasteiger partial charge in [-0.25, -0.2) is 4.98 Å². The van der Waals surface area contributed by atoms with Crippen molar-refractivity contribution >= 4 is 33.2 Å². The Hall–Kier alpha value is -2.77. The lowest BCUT2D eigenvalue weighted by molar-refractivity contribution is -0.891. The fraction of sp³-hybridized carbons (Fsp3) is 0.350. The fourth-order valence-electron chi connectivity index (χ4n) is 3.02. The van der Waals surface area contributed by atoms with Crippen LogP contribution in [0.3, 0.4) is 0 Å². The van der Waals surface area contributed by atoms with Crippen LogP contribution in [0.25, 0.3) is 21.8 Å². The van der Waals surface area contributed by atoms with Crippen LogP contribution in [0.1, 0.15) is 20.3 Å². The van der Waals surface area contributed by atoms with E-state index in [9.17, 15) is 15.3 Å². The van der Waals surface area contributed by atoms with E-state index in [1.807, 2.05) is 38.1 Å². The topological polar surface area (TPSA) is 91.1 Å². The number of rotatable bonds is 6. The summed E-state index contributed by atoms with van der Waals surface area (Å²) >= 11 is 0. The summed E-state index contributed by atoms with van der Waals surface area (Å²) < 4.78 is -0.410. The number of para-hydroxylation sites is 1. The molecule has 0 aliphatic rings. The monoisotopic (exact) mass is 368 g/mol. The van der Waals surface area contributed by atoms with E-state index in [0.29, 0.717) is 29.6 Å². The number of quaternary nitrogens is 1. The molecule has 0 radical (unpaired) electrons. The van der Waals surface area contributed by atoms with Gasteiger partial charge in [0.05, 0.1) is 41.3 Å². The Morgan fingerprint density at radius 3 is 2.44 bits per heavy atom. The Morgan fingerprint density at radius 1 is 1.11 bits per heavy atom. The molecule has 7 heteroatoms. The first-order chi connectivity index (χ1) is 12.6. The highest BCUT2D eigenvalue weighted by Gasteiger charge is 2.29. The van der Waals surface area contributed by atoms with E-state index in [1.165, 1.54) is 6.07 Å². The van der Waals surface area contributed by atoms with Crippen molar-refractivity contribution in [3.63, 3.8) is 0 Å². The third-order valence-corrected chi connectivity index (χ3v) is 5.38. The van der Waals surface area contributed by atoms with Gasteiger partial charge in [-0.3, -0.25) is 10.1 Å². The van der Waals surface area contributed by atoms with E-state index >= 15 is 0 Å². The maximum absolute atomic E-state index is 12.3. The van der Waals surface area contributed by atoms with Gasteiger partial charge in [-0.2, -0.15) is 0 Å². The molecule has 0 fully saturated rings. The molecule has 3 rings (SSSR count). The van der Waals surface area contributed by atoms with Crippen LogP contribution in [0.2, 0.25) is 0 Å². The highest BCUT2D eigenvalue weighted by Crippen LogP contribution is 2.36. The van der Waals surface area contributed by atoms with Crippen molar-refractivity contribution in [2.75, 3.05) is 26.0 Å². The summed E-state index contributed by atoms with van der Waals surface area (Å²) in [5, 5.41) is 28.6. The Labute approximate surface area is 157 Å². The van der Waals surface area contributed by atoms with Crippen molar-refractivity contribution in [3.05, 3.63) is 57.8 Å². The summed E-state index contributed by atoms with van der Waals surface area (Å²) in [5.41, 5.74) is 1.57. The van der Waals surface area contributed by atoms with E-state index in [-0.39, 0.29) is 10.6 Å². The quantitative estimate of drug-likeness (QED) is 0.300. The van der Waals surface area contributed by atoms with Gasteiger partial charge in [-0.05, 0) is 26.0 Å². The maximum atomic E-state index is 12.3. The number of hydrogen-bond acceptors (Lipinski definition) is 5. The number of benzene rings is 2. The number of hydroxylamine groups is 3. The zero-order valence-electron chi connectivity index (χ0n) is 16.0. The Bertz CT molecular complexity index is 1010. The van der Waals surface area contributed by atoms with Crippen LogP contribution in [-0.2, 0) is 0 Å². The Kier molecular flexibility index (Phi) is 4.75. The highest BCUT2D eigenvalue weighted by molar-refractivity contribution is 6.11. The number of non-ortho nitro benzene ring substituents is 1. The molecule has 0 aliphatic heterocycles. The van der Waals surface area contributed by atoms with Crippen molar-refractivity contribution in [3.8, 4) is 0 Å². The lowest BCUT2D eigenvalue weighted by Crippen LogP contribution is -2.52. The predicted octanol–water partition coefficient (Wildman–Crippen LogP) is 4.45. The van der Waals surface area contributed by atoms with Gasteiger partial charge in [-0.15, -0.1) is 0 Å². The first-order valence-electron chi connectivity index (χ1n) is 8.87. The molecule has 0 saturated heterocycles. The molecule has 1 heterocycles. The molecule has 0 unspecified atom stereocenters. The zero-order chi connectivity index (χ0) is 19.8. The smallest absolute Gasteiger partial charge is 0.280 e. The second-order valence-electron chi connectivity index (χ2n) is 7.77. The molecule has 0 amide bonds. The molecule has 1 aromatic heterocycles. The molecule has 2 aromatic carbocycles. The normalized spacial score (nSPS) is 12.5. The molecular formula is C20H24N4O3. The highest BCUT2D eigenvalue weighted by atomic mass is 16.6. The number of nitro groups is 1. The van der Waals surface area contributed by atoms with Gasteiger partial charge in [0, 0.05) is 24.4 Å². The molecule has 0 spiro atoms. The molecule has 27 heavy (non-hydrogen) atoms. The number of hydrogen-bond donors (Lipinski definition) is 1. The third kappa shape index (κ3) is 3.56. The number of nitro benzene ring substituents is 1. The van der Waals surface area contributed by atoms with E-state index < -0.39 is 10.2 Å². The third-order valence-electron chi connectivity index (χ3n) is 5.38. The minimum absolute atomic E-state index is 0.0208. The molecule has 3 aromatic rings. The second kappa shape index (κ2) is 6.75. The lowest BCUT2D eigenvalue weighted by Gasteiger charge is -2.48. The number of aromatic nitrogens is 1. The molecule has 0 aliphatic carbocycles. The molecule has 0 saturated carbocycles. The van der Waals surface area contributed by atoms with Gasteiger partial charge in [0.1, 0.15) is 5.39 Å². The standard InChI is InChI=1S/C20H24N4O3/c1-20(2,24(3,4)27)12-13-21-19-14-8-5-6-9-15(14)22-16-10-7-11-17(18(16)19)23(25)26/h5-11H,12-13H2,1-4H3,(H,21,22). The van der Waals surface area contributed by atoms with Crippen LogP contribution in [0.4, 0.5) is 11.4 Å². The number of fused-ring (bicyclic) bond motifs is 2. The van der Waals surface area contributed by atoms with Crippen LogP contribution in [-0.4, -0.2) is 40.7 Å². The summed E-state index contributed by atoms with van der Waals surface area (Å²) in [6.07, 6.45) is 0.613. The zero-order valence-corrected chi connectivity index (χ0v) is 16.0. The van der Waals surface area contributed by atoms with Crippen molar-refractivity contribution in [2.45, 2.75) is 25.8 Å². The van der Waals surface area contributed by atoms with E-state index in [1.54, 1.807) is 26.2 Å². The molecule has 0 atom stereocenters. The van der Waals surface area contributed by atoms with Gasteiger partial charge in [0.15, 0.2) is 0 Å². The van der Waals surface area contributed by atoms with Gasteiger partial charge >= 0.3 is 0 Å². The van der Waals surface area contributed by atoms with E-state index in [2.05, 4.69) is 10.3 Å². The fourth-order valence-corrected chi connectivity index (χ4v) is 3.02. The maximum Gasteiger partial charge on any atom is 0.280 e. The molecule has 1 N–H and O–H groups in total. The summed E-state index contributed by atoms with van der Waals surface area (Å²) in [5.74, 6) is 0. The number of nitrogens with one attached hydrogen (secondary N) is 1. The van der Waals surface area contributed by atoms with Crippen molar-refractivity contribution in [1.29, 1.82) is 0 Å². The molecular weight excluding hydrogens is 344 g/mol. The molecule has 7 nitrogen and oxygen atoms in total. The SMILES string of the molecule is CC(C)(CCNc1c2ccccc2nc2cccc([N+](=O)[O-])c12)[N+](C)(C)[O-]. The van der Waals surface area contributed by atoms with Crippen LogP contribution in [0.5, 0.6) is 0 Å². The van der Waals surface area contributed by atoms with Crippen molar-refractivity contribution < 1.29 is 9.57 Å². The average Bonchev–Trinajstić information content (AvgIpc) is 2.59. The van der Waals surface area contributed by atoms with Crippen LogP contribution >= 0.6 is 0 Å². The van der Waals surface area contributed by atoms with Gasteiger partial charge < -0.3 is 15.2 Å². The van der Waals surface area contributed by atoms with E-state index in [0.717, 1.165) is 10.9 Å². The number of anilines is 1. The molecule has 142 valence electrons. The lowest BCUT2D eigenvalue weighted by atomic mass is 9.98. The van der Waals surface area contributed by atoms with Gasteiger partial charge in [0.2, 0.25) is 0 Å². The summed E-state index contributed by atoms with van der Waals surface area (Å²) in [6.45, 7) is 4.37. The number of pyridine rings is 1. The Balaban J connectivity index is 2.10. The second-order valence-corrected chi connectivity index (χ2v) is 7.77. The van der Waals surface area contributed by atoms with Gasteiger partial charge in [0.25, 0.3) is 5.69 Å². The average molecular weight is 368 g/mol. The Morgan fingerprint density at radius 2 is 1.78 bits per heavy atom. The van der Waals surface area contributed by atoms with Gasteiger partial charge in [-0.1, -0.05) is 24.3 Å². The first-order valence-corrected chi connectivity index (χ1v) is 8.87. The largest absolute Gasteiger partial charge is 0.633 e.